The maximum Gasteiger partial charge on any atom is 0.306 e. The van der Waals surface area contributed by atoms with Crippen molar-refractivity contribution >= 4 is 17.9 Å². The third-order valence-electron chi connectivity index (χ3n) is 12.0. The minimum atomic E-state index is -0.766. The molecular formula is C54H102O6. The highest BCUT2D eigenvalue weighted by Gasteiger charge is 2.19. The molecule has 1 atom stereocenters. The highest BCUT2D eigenvalue weighted by molar-refractivity contribution is 5.71. The molecule has 0 aliphatic carbocycles. The molecule has 0 aromatic carbocycles. The molecule has 0 radical (unpaired) electrons. The zero-order chi connectivity index (χ0) is 43.7. The molecule has 60 heavy (non-hydrogen) atoms. The third-order valence-corrected chi connectivity index (χ3v) is 12.0. The molecule has 0 aliphatic rings. The van der Waals surface area contributed by atoms with Crippen LogP contribution in [0.5, 0.6) is 0 Å². The van der Waals surface area contributed by atoms with E-state index < -0.39 is 6.10 Å². The van der Waals surface area contributed by atoms with Gasteiger partial charge in [-0.05, 0) is 44.9 Å². The second-order valence-electron chi connectivity index (χ2n) is 18.2. The smallest absolute Gasteiger partial charge is 0.306 e. The van der Waals surface area contributed by atoms with Crippen molar-refractivity contribution in [2.75, 3.05) is 13.2 Å². The molecule has 0 bridgehead atoms. The standard InChI is InChI=1S/C54H102O6/c1-4-7-10-13-16-19-21-23-25-26-27-28-30-31-33-35-38-41-44-47-53(56)59-50-51(49-58-52(55)46-43-40-37-18-15-12-9-6-3)60-54(57)48-45-42-39-36-34-32-29-24-22-20-17-14-11-8-5-2/h24,29,51H,4-23,25-28,30-50H2,1-3H3/b29-24-. The van der Waals surface area contributed by atoms with Crippen LogP contribution in [0.15, 0.2) is 12.2 Å². The molecule has 0 heterocycles. The first kappa shape index (κ1) is 58.1. The van der Waals surface area contributed by atoms with Gasteiger partial charge in [0.15, 0.2) is 6.10 Å². The molecule has 0 aromatic rings. The van der Waals surface area contributed by atoms with Crippen LogP contribution in [0.2, 0.25) is 0 Å². The summed E-state index contributed by atoms with van der Waals surface area (Å²) in [7, 11) is 0. The van der Waals surface area contributed by atoms with Crippen molar-refractivity contribution < 1.29 is 28.6 Å². The van der Waals surface area contributed by atoms with E-state index in [0.717, 1.165) is 64.2 Å². The Morgan fingerprint density at radius 3 is 0.833 bits per heavy atom. The van der Waals surface area contributed by atoms with Gasteiger partial charge in [-0.2, -0.15) is 0 Å². The van der Waals surface area contributed by atoms with Gasteiger partial charge in [-0.25, -0.2) is 0 Å². The van der Waals surface area contributed by atoms with Crippen molar-refractivity contribution in [3.05, 3.63) is 12.2 Å². The number of allylic oxidation sites excluding steroid dienone is 2. The van der Waals surface area contributed by atoms with Gasteiger partial charge in [-0.3, -0.25) is 14.4 Å². The maximum absolute atomic E-state index is 12.8. The molecule has 0 fully saturated rings. The topological polar surface area (TPSA) is 78.9 Å². The third kappa shape index (κ3) is 47.2. The number of esters is 3. The lowest BCUT2D eigenvalue weighted by Gasteiger charge is -2.18. The number of rotatable bonds is 49. The predicted molar refractivity (Wildman–Crippen MR) is 256 cm³/mol. The zero-order valence-corrected chi connectivity index (χ0v) is 40.5. The first-order chi connectivity index (χ1) is 29.5. The Bertz CT molecular complexity index is 931. The molecule has 0 amide bonds. The van der Waals surface area contributed by atoms with E-state index in [-0.39, 0.29) is 31.1 Å². The van der Waals surface area contributed by atoms with Crippen molar-refractivity contribution in [3.63, 3.8) is 0 Å². The number of carbonyl (C=O) groups is 3. The molecule has 1 unspecified atom stereocenters. The SMILES string of the molecule is CCCCCCCC/C=C\CCCCCCCC(=O)OC(COC(=O)CCCCCCCCCC)COC(=O)CCCCCCCCCCCCCCCCCCCCC. The lowest BCUT2D eigenvalue weighted by molar-refractivity contribution is -0.167. The van der Waals surface area contributed by atoms with Crippen LogP contribution in [0.1, 0.15) is 297 Å². The Hall–Kier alpha value is -1.85. The molecule has 0 saturated carbocycles. The van der Waals surface area contributed by atoms with E-state index in [2.05, 4.69) is 32.9 Å². The highest BCUT2D eigenvalue weighted by Crippen LogP contribution is 2.16. The largest absolute Gasteiger partial charge is 0.462 e. The monoisotopic (exact) mass is 847 g/mol. The summed E-state index contributed by atoms with van der Waals surface area (Å²) in [5.41, 5.74) is 0. The molecular weight excluding hydrogens is 745 g/mol. The molecule has 6 heteroatoms. The lowest BCUT2D eigenvalue weighted by atomic mass is 10.0. The Kier molecular flexibility index (Phi) is 48.3. The molecule has 0 aromatic heterocycles. The van der Waals surface area contributed by atoms with E-state index in [0.29, 0.717) is 19.3 Å². The van der Waals surface area contributed by atoms with E-state index in [9.17, 15) is 14.4 Å². The quantitative estimate of drug-likeness (QED) is 0.0263. The molecule has 0 N–H and O–H groups in total. The molecule has 0 aliphatic heterocycles. The Morgan fingerprint density at radius 2 is 0.550 bits per heavy atom. The van der Waals surface area contributed by atoms with Gasteiger partial charge in [0.2, 0.25) is 0 Å². The van der Waals surface area contributed by atoms with Crippen LogP contribution in [0.4, 0.5) is 0 Å². The van der Waals surface area contributed by atoms with Gasteiger partial charge in [0.05, 0.1) is 0 Å². The van der Waals surface area contributed by atoms with Gasteiger partial charge in [-0.1, -0.05) is 245 Å². The van der Waals surface area contributed by atoms with Crippen molar-refractivity contribution in [2.45, 2.75) is 303 Å². The van der Waals surface area contributed by atoms with Crippen LogP contribution >= 0.6 is 0 Å². The number of unbranched alkanes of at least 4 members (excludes halogenated alkanes) is 36. The first-order valence-corrected chi connectivity index (χ1v) is 26.7. The fourth-order valence-corrected chi connectivity index (χ4v) is 7.97. The van der Waals surface area contributed by atoms with E-state index >= 15 is 0 Å². The summed E-state index contributed by atoms with van der Waals surface area (Å²) in [5, 5.41) is 0. The highest BCUT2D eigenvalue weighted by atomic mass is 16.6. The molecule has 354 valence electrons. The number of carbonyl (C=O) groups excluding carboxylic acids is 3. The average molecular weight is 847 g/mol. The van der Waals surface area contributed by atoms with Gasteiger partial charge < -0.3 is 14.2 Å². The molecule has 6 nitrogen and oxygen atoms in total. The maximum atomic E-state index is 12.8. The van der Waals surface area contributed by atoms with Crippen molar-refractivity contribution in [1.29, 1.82) is 0 Å². The summed E-state index contributed by atoms with van der Waals surface area (Å²) < 4.78 is 16.8. The van der Waals surface area contributed by atoms with E-state index in [1.165, 1.54) is 193 Å². The van der Waals surface area contributed by atoms with Crippen LogP contribution in [-0.2, 0) is 28.6 Å². The number of hydrogen-bond donors (Lipinski definition) is 0. The predicted octanol–water partition coefficient (Wildman–Crippen LogP) is 17.4. The van der Waals surface area contributed by atoms with Crippen LogP contribution in [0.3, 0.4) is 0 Å². The molecule has 0 spiro atoms. The van der Waals surface area contributed by atoms with E-state index in [1.807, 2.05) is 0 Å². The van der Waals surface area contributed by atoms with E-state index in [4.69, 9.17) is 14.2 Å². The van der Waals surface area contributed by atoms with Gasteiger partial charge in [0, 0.05) is 19.3 Å². The van der Waals surface area contributed by atoms with Crippen molar-refractivity contribution in [2.24, 2.45) is 0 Å². The van der Waals surface area contributed by atoms with Crippen LogP contribution in [-0.4, -0.2) is 37.2 Å². The van der Waals surface area contributed by atoms with Gasteiger partial charge >= 0.3 is 17.9 Å². The molecule has 0 saturated heterocycles. The summed E-state index contributed by atoms with van der Waals surface area (Å²) in [6.45, 7) is 6.64. The second kappa shape index (κ2) is 49.8. The summed E-state index contributed by atoms with van der Waals surface area (Å²) in [6, 6.07) is 0. The first-order valence-electron chi connectivity index (χ1n) is 26.7. The normalized spacial score (nSPS) is 12.0. The van der Waals surface area contributed by atoms with Gasteiger partial charge in [-0.15, -0.1) is 0 Å². The summed E-state index contributed by atoms with van der Waals surface area (Å²) in [6.07, 6.45) is 54.9. The second-order valence-corrected chi connectivity index (χ2v) is 18.2. The minimum Gasteiger partial charge on any atom is -0.462 e. The number of ether oxygens (including phenoxy) is 3. The average Bonchev–Trinajstić information content (AvgIpc) is 3.24. The van der Waals surface area contributed by atoms with Crippen LogP contribution in [0, 0.1) is 0 Å². The summed E-state index contributed by atoms with van der Waals surface area (Å²) in [4.78, 5) is 37.9. The van der Waals surface area contributed by atoms with Crippen LogP contribution in [0.25, 0.3) is 0 Å². The zero-order valence-electron chi connectivity index (χ0n) is 40.5. The fraction of sp³-hybridized carbons (Fsp3) is 0.907. The summed E-state index contributed by atoms with van der Waals surface area (Å²) in [5.74, 6) is -0.864. The Morgan fingerprint density at radius 1 is 0.317 bits per heavy atom. The van der Waals surface area contributed by atoms with Gasteiger partial charge in [0.1, 0.15) is 13.2 Å². The number of hydrogen-bond acceptors (Lipinski definition) is 6. The summed E-state index contributed by atoms with van der Waals surface area (Å²) >= 11 is 0. The van der Waals surface area contributed by atoms with Crippen LogP contribution < -0.4 is 0 Å². The fourth-order valence-electron chi connectivity index (χ4n) is 7.97. The van der Waals surface area contributed by atoms with Crippen molar-refractivity contribution in [3.8, 4) is 0 Å². The van der Waals surface area contributed by atoms with Crippen molar-refractivity contribution in [1.82, 2.24) is 0 Å². The minimum absolute atomic E-state index is 0.0683. The van der Waals surface area contributed by atoms with Gasteiger partial charge in [0.25, 0.3) is 0 Å². The van der Waals surface area contributed by atoms with E-state index in [1.54, 1.807) is 0 Å². The Balaban J connectivity index is 4.22. The Labute approximate surface area is 373 Å². The lowest BCUT2D eigenvalue weighted by Crippen LogP contribution is -2.30. The molecule has 0 rings (SSSR count).